The van der Waals surface area contributed by atoms with E-state index in [1.54, 1.807) is 36.8 Å². The molecule has 3 heterocycles. The van der Waals surface area contributed by atoms with Crippen LogP contribution in [0.25, 0.3) is 16.9 Å². The Morgan fingerprint density at radius 1 is 1.06 bits per heavy atom. The molecule has 1 atom stereocenters. The van der Waals surface area contributed by atoms with Gasteiger partial charge in [0.1, 0.15) is 18.2 Å². The van der Waals surface area contributed by atoms with Gasteiger partial charge in [-0.3, -0.25) is 9.36 Å². The number of amides is 1. The first-order valence-corrected chi connectivity index (χ1v) is 12.6. The lowest BCUT2D eigenvalue weighted by atomic mass is 10.2. The van der Waals surface area contributed by atoms with Gasteiger partial charge in [0.15, 0.2) is 0 Å². The van der Waals surface area contributed by atoms with Crippen molar-refractivity contribution in [2.45, 2.75) is 37.2 Å². The second-order valence-corrected chi connectivity index (χ2v) is 10.3. The Morgan fingerprint density at radius 3 is 2.62 bits per heavy atom. The van der Waals surface area contributed by atoms with Gasteiger partial charge in [-0.25, -0.2) is 18.4 Å². The lowest BCUT2D eigenvalue weighted by Crippen LogP contribution is -2.45. The number of rotatable bonds is 6. The lowest BCUT2D eigenvalue weighted by Gasteiger charge is -2.23. The highest BCUT2D eigenvalue weighted by Gasteiger charge is 2.39. The maximum absolute atomic E-state index is 13.1. The van der Waals surface area contributed by atoms with Gasteiger partial charge in [-0.05, 0) is 55.7 Å². The van der Waals surface area contributed by atoms with E-state index in [9.17, 15) is 13.2 Å². The minimum atomic E-state index is -3.73. The molecular weight excluding hydrogens is 450 g/mol. The second kappa shape index (κ2) is 9.00. The summed E-state index contributed by atoms with van der Waals surface area (Å²) in [6.07, 6.45) is 4.59. The molecule has 1 aliphatic heterocycles. The number of nitrogens with one attached hydrogen (secondary N) is 1. The molecule has 0 saturated carbocycles. The number of carbonyl (C=O) groups is 1. The van der Waals surface area contributed by atoms with E-state index in [2.05, 4.69) is 15.3 Å². The smallest absolute Gasteiger partial charge is 0.243 e. The van der Waals surface area contributed by atoms with E-state index >= 15 is 0 Å². The molecule has 0 bridgehead atoms. The Balaban J connectivity index is 1.26. The van der Waals surface area contributed by atoms with Crippen molar-refractivity contribution in [3.05, 3.63) is 84.3 Å². The lowest BCUT2D eigenvalue weighted by molar-refractivity contribution is -0.124. The molecule has 0 radical (unpaired) electrons. The van der Waals surface area contributed by atoms with Crippen LogP contribution >= 0.6 is 0 Å². The van der Waals surface area contributed by atoms with Crippen LogP contribution in [-0.4, -0.2) is 45.8 Å². The molecule has 1 amide bonds. The van der Waals surface area contributed by atoms with Gasteiger partial charge >= 0.3 is 0 Å². The van der Waals surface area contributed by atoms with Gasteiger partial charge in [0.05, 0.1) is 15.9 Å². The first kappa shape index (κ1) is 22.2. The molecule has 5 rings (SSSR count). The van der Waals surface area contributed by atoms with E-state index in [1.807, 2.05) is 47.9 Å². The quantitative estimate of drug-likeness (QED) is 0.462. The van der Waals surface area contributed by atoms with Crippen LogP contribution in [0, 0.1) is 6.92 Å². The Labute approximate surface area is 198 Å². The van der Waals surface area contributed by atoms with Crippen molar-refractivity contribution in [1.82, 2.24) is 24.2 Å². The number of benzene rings is 2. The van der Waals surface area contributed by atoms with E-state index in [4.69, 9.17) is 0 Å². The minimum absolute atomic E-state index is 0.213. The van der Waals surface area contributed by atoms with Crippen molar-refractivity contribution in [2.24, 2.45) is 0 Å². The van der Waals surface area contributed by atoms with Crippen LogP contribution in [0.5, 0.6) is 0 Å². The van der Waals surface area contributed by atoms with Crippen LogP contribution in [0.3, 0.4) is 0 Å². The first-order valence-electron chi connectivity index (χ1n) is 11.2. The SMILES string of the molecule is Cc1ccc(S(=O)(=O)N2CCC[C@H]2C(=O)NCc2ccc(-n3cnc4ccccc43)nc2)cc1. The summed E-state index contributed by atoms with van der Waals surface area (Å²) in [6, 6.07) is 17.6. The number of nitrogens with zero attached hydrogens (tertiary/aromatic N) is 4. The zero-order chi connectivity index (χ0) is 23.7. The number of hydrogen-bond acceptors (Lipinski definition) is 5. The zero-order valence-corrected chi connectivity index (χ0v) is 19.6. The predicted octanol–water partition coefficient (Wildman–Crippen LogP) is 3.20. The van der Waals surface area contributed by atoms with Gasteiger partial charge < -0.3 is 5.32 Å². The van der Waals surface area contributed by atoms with Gasteiger partial charge in [-0.1, -0.05) is 35.9 Å². The number of imidazole rings is 1. The van der Waals surface area contributed by atoms with E-state index in [0.717, 1.165) is 28.0 Å². The molecule has 0 aliphatic carbocycles. The van der Waals surface area contributed by atoms with Crippen molar-refractivity contribution in [3.63, 3.8) is 0 Å². The molecular formula is C25H25N5O3S. The third kappa shape index (κ3) is 4.20. The number of para-hydroxylation sites is 2. The summed E-state index contributed by atoms with van der Waals surface area (Å²) < 4.78 is 29.4. The van der Waals surface area contributed by atoms with Gasteiger partial charge in [0, 0.05) is 19.3 Å². The third-order valence-corrected chi connectivity index (χ3v) is 8.03. The summed E-state index contributed by atoms with van der Waals surface area (Å²) in [6.45, 7) is 2.51. The van der Waals surface area contributed by atoms with Crippen LogP contribution in [0.15, 0.2) is 78.1 Å². The number of fused-ring (bicyclic) bond motifs is 1. The highest BCUT2D eigenvalue weighted by molar-refractivity contribution is 7.89. The highest BCUT2D eigenvalue weighted by Crippen LogP contribution is 2.26. The van der Waals surface area contributed by atoms with Crippen molar-refractivity contribution < 1.29 is 13.2 Å². The van der Waals surface area contributed by atoms with E-state index < -0.39 is 16.1 Å². The summed E-state index contributed by atoms with van der Waals surface area (Å²) in [4.78, 5) is 22.0. The van der Waals surface area contributed by atoms with Crippen LogP contribution in [0.2, 0.25) is 0 Å². The molecule has 8 nitrogen and oxygen atoms in total. The van der Waals surface area contributed by atoms with Crippen LogP contribution < -0.4 is 5.32 Å². The number of hydrogen-bond donors (Lipinski definition) is 1. The monoisotopic (exact) mass is 475 g/mol. The maximum Gasteiger partial charge on any atom is 0.243 e. The summed E-state index contributed by atoms with van der Waals surface area (Å²) in [7, 11) is -3.73. The number of aryl methyl sites for hydroxylation is 1. The van der Waals surface area contributed by atoms with Gasteiger partial charge in [-0.15, -0.1) is 0 Å². The molecule has 4 aromatic rings. The fourth-order valence-electron chi connectivity index (χ4n) is 4.25. The molecule has 0 unspecified atom stereocenters. The average Bonchev–Trinajstić information content (AvgIpc) is 3.51. The molecule has 174 valence electrons. The van der Waals surface area contributed by atoms with Crippen molar-refractivity contribution in [2.75, 3.05) is 6.54 Å². The van der Waals surface area contributed by atoms with Gasteiger partial charge in [-0.2, -0.15) is 4.31 Å². The predicted molar refractivity (Wildman–Crippen MR) is 129 cm³/mol. The highest BCUT2D eigenvalue weighted by atomic mass is 32.2. The van der Waals surface area contributed by atoms with E-state index in [-0.39, 0.29) is 17.3 Å². The summed E-state index contributed by atoms with van der Waals surface area (Å²) >= 11 is 0. The molecule has 1 N–H and O–H groups in total. The molecule has 2 aromatic heterocycles. The largest absolute Gasteiger partial charge is 0.351 e. The fourth-order valence-corrected chi connectivity index (χ4v) is 5.90. The number of aromatic nitrogens is 3. The Kier molecular flexibility index (Phi) is 5.89. The summed E-state index contributed by atoms with van der Waals surface area (Å²) in [5.41, 5.74) is 3.66. The fraction of sp³-hybridized carbons (Fsp3) is 0.240. The Morgan fingerprint density at radius 2 is 1.85 bits per heavy atom. The van der Waals surface area contributed by atoms with Gasteiger partial charge in [0.25, 0.3) is 0 Å². The number of sulfonamides is 1. The standard InChI is InChI=1S/C25H25N5O3S/c1-18-8-11-20(12-9-18)34(32,33)30-14-4-7-23(30)25(31)27-16-19-10-13-24(26-15-19)29-17-28-21-5-2-3-6-22(21)29/h2-3,5-6,8-13,15,17,23H,4,7,14,16H2,1H3,(H,27,31)/t23-/m0/s1. The Bertz CT molecular complexity index is 1430. The number of pyridine rings is 1. The summed E-state index contributed by atoms with van der Waals surface area (Å²) in [5, 5.41) is 2.88. The second-order valence-electron chi connectivity index (χ2n) is 8.43. The molecule has 1 saturated heterocycles. The topological polar surface area (TPSA) is 97.2 Å². The van der Waals surface area contributed by atoms with E-state index in [1.165, 1.54) is 4.31 Å². The minimum Gasteiger partial charge on any atom is -0.351 e. The van der Waals surface area contributed by atoms with Crippen LogP contribution in [-0.2, 0) is 21.4 Å². The molecule has 0 spiro atoms. The first-order chi connectivity index (χ1) is 16.4. The molecule has 1 fully saturated rings. The number of carbonyl (C=O) groups excluding carboxylic acids is 1. The molecule has 34 heavy (non-hydrogen) atoms. The van der Waals surface area contributed by atoms with Crippen LogP contribution in [0.4, 0.5) is 0 Å². The van der Waals surface area contributed by atoms with E-state index in [0.29, 0.717) is 19.4 Å². The normalized spacial score (nSPS) is 16.7. The van der Waals surface area contributed by atoms with Crippen molar-refractivity contribution in [1.29, 1.82) is 0 Å². The Hall–Kier alpha value is -3.56. The van der Waals surface area contributed by atoms with Crippen LogP contribution in [0.1, 0.15) is 24.0 Å². The molecule has 9 heteroatoms. The van der Waals surface area contributed by atoms with Crippen molar-refractivity contribution in [3.8, 4) is 5.82 Å². The molecule has 1 aliphatic rings. The average molecular weight is 476 g/mol. The molecule has 2 aromatic carbocycles. The maximum atomic E-state index is 13.1. The summed E-state index contributed by atoms with van der Waals surface area (Å²) in [5.74, 6) is 0.438. The van der Waals surface area contributed by atoms with Gasteiger partial charge in [0.2, 0.25) is 15.9 Å². The zero-order valence-electron chi connectivity index (χ0n) is 18.8. The third-order valence-electron chi connectivity index (χ3n) is 6.11. The van der Waals surface area contributed by atoms with Crippen molar-refractivity contribution >= 4 is 27.0 Å².